The van der Waals surface area contributed by atoms with Crippen LogP contribution in [0.5, 0.6) is 0 Å². The lowest BCUT2D eigenvalue weighted by Gasteiger charge is -2.33. The lowest BCUT2D eigenvalue weighted by Crippen LogP contribution is -2.40. The first-order valence-corrected chi connectivity index (χ1v) is 7.92. The molecule has 114 valence electrons. The summed E-state index contributed by atoms with van der Waals surface area (Å²) in [5.74, 6) is 1.41. The van der Waals surface area contributed by atoms with Gasteiger partial charge in [-0.05, 0) is 31.1 Å². The van der Waals surface area contributed by atoms with Crippen LogP contribution in [0.15, 0.2) is 5.38 Å². The van der Waals surface area contributed by atoms with Gasteiger partial charge in [-0.2, -0.15) is 0 Å². The second-order valence-electron chi connectivity index (χ2n) is 5.72. The lowest BCUT2D eigenvalue weighted by atomic mass is 9.89. The molecule has 1 saturated heterocycles. The molecule has 20 heavy (non-hydrogen) atoms. The molecule has 1 aromatic heterocycles. The van der Waals surface area contributed by atoms with Gasteiger partial charge in [0, 0.05) is 25.0 Å². The maximum absolute atomic E-state index is 12.4. The molecule has 0 bridgehead atoms. The Morgan fingerprint density at radius 3 is 2.95 bits per heavy atom. The molecule has 0 saturated carbocycles. The molecule has 0 radical (unpaired) electrons. The molecule has 6 heteroatoms. The van der Waals surface area contributed by atoms with Gasteiger partial charge in [0.25, 0.3) is 5.91 Å². The number of hydrogen-bond donors (Lipinski definition) is 1. The van der Waals surface area contributed by atoms with Crippen molar-refractivity contribution in [2.75, 3.05) is 13.1 Å². The summed E-state index contributed by atoms with van der Waals surface area (Å²) >= 11 is 1.47. The summed E-state index contributed by atoms with van der Waals surface area (Å²) in [5.41, 5.74) is 6.11. The summed E-state index contributed by atoms with van der Waals surface area (Å²) in [6.45, 7) is 6.65. The third-order valence-electron chi connectivity index (χ3n) is 3.56. The largest absolute Gasteiger partial charge is 0.337 e. The van der Waals surface area contributed by atoms with Gasteiger partial charge in [-0.25, -0.2) is 4.98 Å². The summed E-state index contributed by atoms with van der Waals surface area (Å²) in [5, 5.41) is 2.66. The van der Waals surface area contributed by atoms with Gasteiger partial charge >= 0.3 is 0 Å². The van der Waals surface area contributed by atoms with E-state index >= 15 is 0 Å². The number of piperidine rings is 1. The Bertz CT molecular complexity index is 436. The fourth-order valence-electron chi connectivity index (χ4n) is 2.77. The Morgan fingerprint density at radius 2 is 2.35 bits per heavy atom. The number of hydrogen-bond acceptors (Lipinski definition) is 4. The van der Waals surface area contributed by atoms with Gasteiger partial charge < -0.3 is 10.6 Å². The van der Waals surface area contributed by atoms with Gasteiger partial charge in [-0.3, -0.25) is 4.79 Å². The van der Waals surface area contributed by atoms with E-state index in [0.29, 0.717) is 24.1 Å². The highest BCUT2D eigenvalue weighted by Crippen LogP contribution is 2.24. The molecule has 0 aliphatic carbocycles. The van der Waals surface area contributed by atoms with Crippen molar-refractivity contribution in [2.24, 2.45) is 17.6 Å². The molecule has 1 unspecified atom stereocenters. The van der Waals surface area contributed by atoms with Crippen LogP contribution in [-0.4, -0.2) is 28.9 Å². The monoisotopic (exact) mass is 317 g/mol. The van der Waals surface area contributed by atoms with Gasteiger partial charge in [0.1, 0.15) is 10.7 Å². The molecule has 1 aliphatic rings. The van der Waals surface area contributed by atoms with Crippen LogP contribution in [0.1, 0.15) is 48.6 Å². The highest BCUT2D eigenvalue weighted by atomic mass is 35.5. The molecule has 4 nitrogen and oxygen atoms in total. The summed E-state index contributed by atoms with van der Waals surface area (Å²) in [6, 6.07) is 0. The van der Waals surface area contributed by atoms with Gasteiger partial charge in [0.2, 0.25) is 0 Å². The van der Waals surface area contributed by atoms with Crippen molar-refractivity contribution in [1.82, 2.24) is 9.88 Å². The Balaban J connectivity index is 0.00000200. The quantitative estimate of drug-likeness (QED) is 0.929. The Hall–Kier alpha value is -0.650. The summed E-state index contributed by atoms with van der Waals surface area (Å²) in [7, 11) is 0. The average molecular weight is 318 g/mol. The van der Waals surface area contributed by atoms with E-state index in [1.807, 2.05) is 10.3 Å². The standard InChI is InChI=1S/C14H23N3OS.ClH/c1-10(2)6-11-4-3-5-17(8-11)14(18)12-9-19-13(7-15)16-12;/h9-11H,3-8,15H2,1-2H3;1H. The van der Waals surface area contributed by atoms with E-state index in [0.717, 1.165) is 24.5 Å². The van der Waals surface area contributed by atoms with E-state index in [2.05, 4.69) is 18.8 Å². The summed E-state index contributed by atoms with van der Waals surface area (Å²) < 4.78 is 0. The van der Waals surface area contributed by atoms with E-state index in [1.54, 1.807) is 0 Å². The number of carbonyl (C=O) groups is 1. The second-order valence-corrected chi connectivity index (χ2v) is 6.66. The van der Waals surface area contributed by atoms with Gasteiger partial charge in [-0.1, -0.05) is 13.8 Å². The van der Waals surface area contributed by atoms with Crippen molar-refractivity contribution in [3.63, 3.8) is 0 Å². The number of likely N-dealkylation sites (tertiary alicyclic amines) is 1. The maximum Gasteiger partial charge on any atom is 0.273 e. The number of rotatable bonds is 4. The molecule has 2 rings (SSSR count). The summed E-state index contributed by atoms with van der Waals surface area (Å²) in [4.78, 5) is 18.6. The Morgan fingerprint density at radius 1 is 1.60 bits per heavy atom. The minimum Gasteiger partial charge on any atom is -0.337 e. The number of amides is 1. The highest BCUT2D eigenvalue weighted by Gasteiger charge is 2.26. The van der Waals surface area contributed by atoms with Gasteiger partial charge in [-0.15, -0.1) is 23.7 Å². The van der Waals surface area contributed by atoms with E-state index in [4.69, 9.17) is 5.73 Å². The van der Waals surface area contributed by atoms with Crippen LogP contribution in [0.25, 0.3) is 0 Å². The molecule has 1 aromatic rings. The number of thiazole rings is 1. The smallest absolute Gasteiger partial charge is 0.273 e. The molecular weight excluding hydrogens is 294 g/mol. The molecule has 0 aromatic carbocycles. The number of aromatic nitrogens is 1. The molecule has 1 amide bonds. The number of nitrogens with zero attached hydrogens (tertiary/aromatic N) is 2. The molecule has 2 N–H and O–H groups in total. The first kappa shape index (κ1) is 17.4. The van der Waals surface area contributed by atoms with Crippen LogP contribution in [0.3, 0.4) is 0 Å². The van der Waals surface area contributed by atoms with E-state index in [-0.39, 0.29) is 18.3 Å². The van der Waals surface area contributed by atoms with Crippen LogP contribution in [0, 0.1) is 11.8 Å². The topological polar surface area (TPSA) is 59.2 Å². The zero-order valence-corrected chi connectivity index (χ0v) is 13.8. The second kappa shape index (κ2) is 7.96. The number of nitrogens with two attached hydrogens (primary N) is 1. The van der Waals surface area contributed by atoms with Crippen LogP contribution in [-0.2, 0) is 6.54 Å². The molecule has 1 aliphatic heterocycles. The predicted molar refractivity (Wildman–Crippen MR) is 85.3 cm³/mol. The van der Waals surface area contributed by atoms with Crippen molar-refractivity contribution >= 4 is 29.7 Å². The zero-order chi connectivity index (χ0) is 13.8. The van der Waals surface area contributed by atoms with Crippen LogP contribution in [0.2, 0.25) is 0 Å². The minimum absolute atomic E-state index is 0. The Labute approximate surface area is 131 Å². The fraction of sp³-hybridized carbons (Fsp3) is 0.714. The van der Waals surface area contributed by atoms with E-state index < -0.39 is 0 Å². The lowest BCUT2D eigenvalue weighted by molar-refractivity contribution is 0.0654. The minimum atomic E-state index is 0. The Kier molecular flexibility index (Phi) is 6.92. The van der Waals surface area contributed by atoms with Crippen molar-refractivity contribution < 1.29 is 4.79 Å². The van der Waals surface area contributed by atoms with E-state index in [1.165, 1.54) is 24.2 Å². The first-order chi connectivity index (χ1) is 9.10. The van der Waals surface area contributed by atoms with Crippen LogP contribution in [0.4, 0.5) is 0 Å². The molecular formula is C14H24ClN3OS. The number of carbonyl (C=O) groups excluding carboxylic acids is 1. The SMILES string of the molecule is CC(C)CC1CCCN(C(=O)c2csc(CN)n2)C1.Cl. The molecule has 2 heterocycles. The van der Waals surface area contributed by atoms with Crippen LogP contribution >= 0.6 is 23.7 Å². The van der Waals surface area contributed by atoms with Crippen LogP contribution < -0.4 is 5.73 Å². The zero-order valence-electron chi connectivity index (χ0n) is 12.2. The molecule has 0 spiro atoms. The normalized spacial score (nSPS) is 19.0. The molecule has 1 fully saturated rings. The van der Waals surface area contributed by atoms with Crippen molar-refractivity contribution in [1.29, 1.82) is 0 Å². The third-order valence-corrected chi connectivity index (χ3v) is 4.43. The summed E-state index contributed by atoms with van der Waals surface area (Å²) in [6.07, 6.45) is 3.55. The number of halogens is 1. The van der Waals surface area contributed by atoms with Crippen molar-refractivity contribution in [3.8, 4) is 0 Å². The average Bonchev–Trinajstić information content (AvgIpc) is 2.86. The first-order valence-electron chi connectivity index (χ1n) is 7.04. The van der Waals surface area contributed by atoms with E-state index in [9.17, 15) is 4.79 Å². The van der Waals surface area contributed by atoms with Gasteiger partial charge in [0.05, 0.1) is 0 Å². The molecule has 1 atom stereocenters. The van der Waals surface area contributed by atoms with Crippen molar-refractivity contribution in [2.45, 2.75) is 39.7 Å². The highest BCUT2D eigenvalue weighted by molar-refractivity contribution is 7.09. The van der Waals surface area contributed by atoms with Crippen molar-refractivity contribution in [3.05, 3.63) is 16.1 Å². The predicted octanol–water partition coefficient (Wildman–Crippen LogP) is 2.92. The maximum atomic E-state index is 12.4. The third kappa shape index (κ3) is 4.43. The van der Waals surface area contributed by atoms with Gasteiger partial charge in [0.15, 0.2) is 0 Å². The fourth-order valence-corrected chi connectivity index (χ4v) is 3.42.